The van der Waals surface area contributed by atoms with E-state index in [-0.39, 0.29) is 12.4 Å². The lowest BCUT2D eigenvalue weighted by molar-refractivity contribution is 0.267. The molecule has 0 saturated heterocycles. The molecule has 6 heteroatoms. The van der Waals surface area contributed by atoms with Gasteiger partial charge in [0.2, 0.25) is 0 Å². The van der Waals surface area contributed by atoms with Crippen LogP contribution in [0.25, 0.3) is 0 Å². The Morgan fingerprint density at radius 2 is 1.88 bits per heavy atom. The predicted octanol–water partition coefficient (Wildman–Crippen LogP) is 6.25. The van der Waals surface area contributed by atoms with Gasteiger partial charge in [0.15, 0.2) is 11.5 Å². The first-order chi connectivity index (χ1) is 12.0. The van der Waals surface area contributed by atoms with Gasteiger partial charge in [0.05, 0.1) is 11.1 Å². The second kappa shape index (κ2) is 11.7. The Kier molecular flexibility index (Phi) is 10.4. The van der Waals surface area contributed by atoms with Crippen molar-refractivity contribution >= 4 is 39.9 Å². The van der Waals surface area contributed by atoms with E-state index in [4.69, 9.17) is 21.1 Å². The summed E-state index contributed by atoms with van der Waals surface area (Å²) < 4.78 is 12.7. The van der Waals surface area contributed by atoms with Gasteiger partial charge >= 0.3 is 0 Å². The van der Waals surface area contributed by atoms with Crippen LogP contribution >= 0.6 is 39.9 Å². The molecule has 2 aromatic carbocycles. The standard InChI is InChI=1S/C20H25BrClNO2.ClH/c1-4-24-19-10-15(12-23-11-14(2)3)9-17(21)20(19)25-13-16-7-5-6-8-18(16)22;/h5-10,14,23H,4,11-13H2,1-3H3;1H. The van der Waals surface area contributed by atoms with Crippen LogP contribution in [0.5, 0.6) is 11.5 Å². The van der Waals surface area contributed by atoms with Crippen LogP contribution < -0.4 is 14.8 Å². The molecule has 0 bridgehead atoms. The number of benzene rings is 2. The summed E-state index contributed by atoms with van der Waals surface area (Å²) in [5, 5.41) is 4.15. The van der Waals surface area contributed by atoms with Crippen LogP contribution in [-0.2, 0) is 13.2 Å². The molecule has 0 aliphatic heterocycles. The van der Waals surface area contributed by atoms with E-state index in [1.807, 2.05) is 37.3 Å². The van der Waals surface area contributed by atoms with Crippen molar-refractivity contribution in [2.75, 3.05) is 13.2 Å². The Morgan fingerprint density at radius 3 is 2.54 bits per heavy atom. The van der Waals surface area contributed by atoms with Gasteiger partial charge in [-0.2, -0.15) is 0 Å². The van der Waals surface area contributed by atoms with E-state index in [9.17, 15) is 0 Å². The zero-order chi connectivity index (χ0) is 18.2. The van der Waals surface area contributed by atoms with E-state index in [1.54, 1.807) is 0 Å². The van der Waals surface area contributed by atoms with Crippen LogP contribution in [0.3, 0.4) is 0 Å². The maximum Gasteiger partial charge on any atom is 0.175 e. The maximum atomic E-state index is 6.21. The molecule has 0 spiro atoms. The minimum atomic E-state index is 0. The Morgan fingerprint density at radius 1 is 1.15 bits per heavy atom. The number of nitrogens with one attached hydrogen (secondary N) is 1. The first kappa shape index (κ1) is 23.1. The van der Waals surface area contributed by atoms with Crippen LogP contribution in [-0.4, -0.2) is 13.2 Å². The van der Waals surface area contributed by atoms with Gasteiger partial charge in [0.1, 0.15) is 6.61 Å². The largest absolute Gasteiger partial charge is 0.490 e. The van der Waals surface area contributed by atoms with Crippen molar-refractivity contribution in [3.63, 3.8) is 0 Å². The molecule has 1 N–H and O–H groups in total. The van der Waals surface area contributed by atoms with Gasteiger partial charge in [-0.25, -0.2) is 0 Å². The van der Waals surface area contributed by atoms with E-state index in [2.05, 4.69) is 41.2 Å². The number of ether oxygens (including phenoxy) is 2. The Labute approximate surface area is 176 Å². The minimum absolute atomic E-state index is 0. The molecule has 2 aromatic rings. The summed E-state index contributed by atoms with van der Waals surface area (Å²) in [6.07, 6.45) is 0. The van der Waals surface area contributed by atoms with Crippen LogP contribution in [0.4, 0.5) is 0 Å². The third-order valence-corrected chi connectivity index (χ3v) is 4.54. The fourth-order valence-corrected chi connectivity index (χ4v) is 3.19. The summed E-state index contributed by atoms with van der Waals surface area (Å²) >= 11 is 9.82. The molecule has 0 unspecified atom stereocenters. The lowest BCUT2D eigenvalue weighted by Gasteiger charge is -2.16. The molecule has 3 nitrogen and oxygen atoms in total. The van der Waals surface area contributed by atoms with Crippen LogP contribution in [0, 0.1) is 5.92 Å². The zero-order valence-electron chi connectivity index (χ0n) is 15.4. The highest BCUT2D eigenvalue weighted by molar-refractivity contribution is 9.10. The fraction of sp³-hybridized carbons (Fsp3) is 0.400. The zero-order valence-corrected chi connectivity index (χ0v) is 18.5. The molecule has 0 heterocycles. The molecule has 0 atom stereocenters. The summed E-state index contributed by atoms with van der Waals surface area (Å²) in [5.41, 5.74) is 2.10. The number of halogens is 3. The average molecular weight is 463 g/mol. The fourth-order valence-electron chi connectivity index (χ4n) is 2.40. The summed E-state index contributed by atoms with van der Waals surface area (Å²) in [4.78, 5) is 0. The molecule has 0 amide bonds. The summed E-state index contributed by atoms with van der Waals surface area (Å²) in [5.74, 6) is 2.06. The van der Waals surface area contributed by atoms with E-state index in [1.165, 1.54) is 0 Å². The molecule has 26 heavy (non-hydrogen) atoms. The number of hydrogen-bond acceptors (Lipinski definition) is 3. The Balaban J connectivity index is 0.00000338. The summed E-state index contributed by atoms with van der Waals surface area (Å²) in [6, 6.07) is 11.8. The molecular formula is C20H26BrCl2NO2. The van der Waals surface area contributed by atoms with Crippen molar-refractivity contribution in [2.45, 2.75) is 33.9 Å². The topological polar surface area (TPSA) is 30.5 Å². The van der Waals surface area contributed by atoms with Gasteiger partial charge < -0.3 is 14.8 Å². The number of rotatable bonds is 9. The maximum absolute atomic E-state index is 6.21. The second-order valence-corrected chi connectivity index (χ2v) is 7.50. The monoisotopic (exact) mass is 461 g/mol. The van der Waals surface area contributed by atoms with Gasteiger partial charge in [-0.15, -0.1) is 12.4 Å². The summed E-state index contributed by atoms with van der Waals surface area (Å²) in [6.45, 7) is 9.10. The second-order valence-electron chi connectivity index (χ2n) is 6.24. The molecule has 2 rings (SSSR count). The first-order valence-electron chi connectivity index (χ1n) is 8.53. The van der Waals surface area contributed by atoms with Crippen molar-refractivity contribution in [3.05, 3.63) is 57.0 Å². The Bertz CT molecular complexity index is 696. The van der Waals surface area contributed by atoms with Gasteiger partial charge in [-0.3, -0.25) is 0 Å². The number of hydrogen-bond donors (Lipinski definition) is 1. The normalized spacial score (nSPS) is 10.5. The van der Waals surface area contributed by atoms with Crippen molar-refractivity contribution in [3.8, 4) is 11.5 Å². The highest BCUT2D eigenvalue weighted by atomic mass is 79.9. The van der Waals surface area contributed by atoms with Crippen molar-refractivity contribution in [2.24, 2.45) is 5.92 Å². The quantitative estimate of drug-likeness (QED) is 0.477. The lowest BCUT2D eigenvalue weighted by Crippen LogP contribution is -2.19. The minimum Gasteiger partial charge on any atom is -0.490 e. The molecule has 144 valence electrons. The average Bonchev–Trinajstić information content (AvgIpc) is 2.55. The van der Waals surface area contributed by atoms with E-state index in [0.717, 1.165) is 34.4 Å². The van der Waals surface area contributed by atoms with Gasteiger partial charge in [0, 0.05) is 17.1 Å². The third-order valence-electron chi connectivity index (χ3n) is 3.58. The molecule has 0 aliphatic carbocycles. The van der Waals surface area contributed by atoms with E-state index >= 15 is 0 Å². The predicted molar refractivity (Wildman–Crippen MR) is 115 cm³/mol. The molecule has 0 fully saturated rings. The highest BCUT2D eigenvalue weighted by Gasteiger charge is 2.13. The Hall–Kier alpha value is -0.940. The van der Waals surface area contributed by atoms with Crippen LogP contribution in [0.2, 0.25) is 5.02 Å². The van der Waals surface area contributed by atoms with Crippen LogP contribution in [0.1, 0.15) is 31.9 Å². The third kappa shape index (κ3) is 6.99. The molecule has 0 aromatic heterocycles. The highest BCUT2D eigenvalue weighted by Crippen LogP contribution is 2.37. The van der Waals surface area contributed by atoms with E-state index in [0.29, 0.717) is 29.9 Å². The molecular weight excluding hydrogens is 437 g/mol. The van der Waals surface area contributed by atoms with Crippen molar-refractivity contribution in [1.29, 1.82) is 0 Å². The lowest BCUT2D eigenvalue weighted by atomic mass is 10.1. The molecule has 0 saturated carbocycles. The smallest absolute Gasteiger partial charge is 0.175 e. The molecule has 0 aliphatic rings. The summed E-state index contributed by atoms with van der Waals surface area (Å²) in [7, 11) is 0. The molecule has 0 radical (unpaired) electrons. The van der Waals surface area contributed by atoms with Crippen molar-refractivity contribution in [1.82, 2.24) is 5.32 Å². The van der Waals surface area contributed by atoms with E-state index < -0.39 is 0 Å². The van der Waals surface area contributed by atoms with Crippen LogP contribution in [0.15, 0.2) is 40.9 Å². The SMILES string of the molecule is CCOc1cc(CNCC(C)C)cc(Br)c1OCc1ccccc1Cl.Cl. The van der Waals surface area contributed by atoms with Gasteiger partial charge in [0.25, 0.3) is 0 Å². The van der Waals surface area contributed by atoms with Gasteiger partial charge in [-0.05, 0) is 59.1 Å². The first-order valence-corrected chi connectivity index (χ1v) is 9.70. The van der Waals surface area contributed by atoms with Gasteiger partial charge in [-0.1, -0.05) is 43.6 Å². The van der Waals surface area contributed by atoms with Crippen molar-refractivity contribution < 1.29 is 9.47 Å².